The summed E-state index contributed by atoms with van der Waals surface area (Å²) in [7, 11) is -7.26. The topological polar surface area (TPSA) is 47.0 Å². The largest absolute Gasteiger partial charge is 0.496 e. The summed E-state index contributed by atoms with van der Waals surface area (Å²) >= 11 is 5.70. The molecule has 0 radical (unpaired) electrons. The summed E-state index contributed by atoms with van der Waals surface area (Å²) in [4.78, 5) is 6.26. The van der Waals surface area contributed by atoms with E-state index in [1.54, 1.807) is 0 Å². The van der Waals surface area contributed by atoms with Gasteiger partial charge in [0.25, 0.3) is 0 Å². The van der Waals surface area contributed by atoms with Crippen molar-refractivity contribution in [1.82, 2.24) is 9.97 Å². The lowest BCUT2D eigenvalue weighted by atomic mass is 10.1. The van der Waals surface area contributed by atoms with Gasteiger partial charge in [0.05, 0.1) is 24.0 Å². The molecule has 3 aromatic rings. The van der Waals surface area contributed by atoms with Gasteiger partial charge in [-0.1, -0.05) is 0 Å². The molecule has 0 aliphatic rings. The molecule has 0 bridgehead atoms. The molecular weight excluding hydrogens is 480 g/mol. The molecule has 0 aliphatic heterocycles. The fourth-order valence-corrected chi connectivity index (χ4v) is 4.13. The van der Waals surface area contributed by atoms with Crippen LogP contribution in [0.15, 0.2) is 47.5 Å². The van der Waals surface area contributed by atoms with Crippen LogP contribution >= 0.6 is 21.4 Å². The number of anilines is 2. The molecule has 0 fully saturated rings. The van der Waals surface area contributed by atoms with Gasteiger partial charge in [0.15, 0.2) is 15.7 Å². The average Bonchev–Trinajstić information content (AvgIpc) is 2.74. The van der Waals surface area contributed by atoms with Gasteiger partial charge in [-0.2, -0.15) is 0 Å². The summed E-state index contributed by atoms with van der Waals surface area (Å²) in [5.74, 6) is -3.74. The van der Waals surface area contributed by atoms with Gasteiger partial charge in [-0.15, -0.1) is 27.1 Å². The Hall–Kier alpha value is -2.66. The van der Waals surface area contributed by atoms with E-state index >= 15 is 0 Å². The van der Waals surface area contributed by atoms with Crippen LogP contribution in [0.2, 0.25) is 0 Å². The Morgan fingerprint density at radius 3 is 2.41 bits per heavy atom. The zero-order valence-electron chi connectivity index (χ0n) is 16.8. The van der Waals surface area contributed by atoms with E-state index in [0.717, 1.165) is 18.3 Å². The van der Waals surface area contributed by atoms with Gasteiger partial charge in [-0.05, 0) is 42.8 Å². The highest BCUT2D eigenvalue weighted by Crippen LogP contribution is 3.00. The second-order valence-electron chi connectivity index (χ2n) is 6.89. The van der Waals surface area contributed by atoms with Gasteiger partial charge in [0.2, 0.25) is 5.95 Å². The minimum absolute atomic E-state index is 0.00796. The molecule has 3 rings (SSSR count). The van der Waals surface area contributed by atoms with E-state index in [9.17, 15) is 24.3 Å². The Bertz CT molecular complexity index is 1190. The Morgan fingerprint density at radius 2 is 1.78 bits per heavy atom. The van der Waals surface area contributed by atoms with Gasteiger partial charge in [0.1, 0.15) is 17.3 Å². The van der Waals surface area contributed by atoms with Crippen molar-refractivity contribution in [3.8, 4) is 17.0 Å². The maximum Gasteiger partial charge on any atom is 0.227 e. The van der Waals surface area contributed by atoms with Crippen LogP contribution in [0.3, 0.4) is 0 Å². The van der Waals surface area contributed by atoms with Crippen LogP contribution in [-0.4, -0.2) is 22.8 Å². The van der Waals surface area contributed by atoms with E-state index in [-0.39, 0.29) is 40.1 Å². The maximum atomic E-state index is 14.4. The average molecular weight is 498 g/mol. The number of nitrogens with zero attached hydrogens (tertiary/aromatic N) is 2. The second kappa shape index (κ2) is 7.73. The Kier molecular flexibility index (Phi) is 5.80. The van der Waals surface area contributed by atoms with E-state index in [1.807, 2.05) is 0 Å². The first kappa shape index (κ1) is 24.0. The summed E-state index contributed by atoms with van der Waals surface area (Å²) in [5, 5.41) is 2.53. The molecule has 0 aliphatic carbocycles. The molecule has 0 atom stereocenters. The smallest absolute Gasteiger partial charge is 0.227 e. The predicted octanol–water partition coefficient (Wildman–Crippen LogP) is 7.71. The molecule has 1 N–H and O–H groups in total. The highest BCUT2D eigenvalue weighted by molar-refractivity contribution is 8.49. The number of alkyl halides is 1. The number of halogens is 7. The first-order valence-electron chi connectivity index (χ1n) is 9.12. The van der Waals surface area contributed by atoms with Crippen LogP contribution in [0.4, 0.5) is 36.0 Å². The molecule has 1 heterocycles. The van der Waals surface area contributed by atoms with Crippen LogP contribution in [0.5, 0.6) is 5.75 Å². The standard InChI is InChI=1S/C20H18ClF6N3OS/c1-3-32(24,25,26,27)15-7-12(10-21)6-14(9-15)29-20-28-11-17(23)19(30-20)16-5-4-13(22)8-18(16)31-2/h4-9,11H,3,10H2,1-2H3,(H,28,29,30). The molecular formula is C20H18ClF6N3OS. The molecule has 32 heavy (non-hydrogen) atoms. The number of methoxy groups -OCH3 is 1. The fraction of sp³-hybridized carbons (Fsp3) is 0.200. The van der Waals surface area contributed by atoms with Gasteiger partial charge in [-0.3, -0.25) is 0 Å². The molecule has 4 nitrogen and oxygen atoms in total. The third-order valence-electron chi connectivity index (χ3n) is 4.64. The number of hydrogen-bond donors (Lipinski definition) is 1. The van der Waals surface area contributed by atoms with Crippen molar-refractivity contribution in [2.24, 2.45) is 0 Å². The summed E-state index contributed by atoms with van der Waals surface area (Å²) in [6.07, 6.45) is 0.793. The molecule has 174 valence electrons. The molecule has 1 aromatic heterocycles. The summed E-state index contributed by atoms with van der Waals surface area (Å²) in [5.41, 5.74) is -0.353. The number of ether oxygens (including phenoxy) is 1. The van der Waals surface area contributed by atoms with Crippen molar-refractivity contribution in [1.29, 1.82) is 0 Å². The first-order valence-corrected chi connectivity index (χ1v) is 11.9. The second-order valence-corrected chi connectivity index (χ2v) is 10.7. The third-order valence-corrected chi connectivity index (χ3v) is 7.40. The minimum Gasteiger partial charge on any atom is -0.496 e. The lowest BCUT2D eigenvalue weighted by molar-refractivity contribution is 0.412. The molecule has 12 heteroatoms. The zero-order valence-corrected chi connectivity index (χ0v) is 18.4. The van der Waals surface area contributed by atoms with Gasteiger partial charge < -0.3 is 10.1 Å². The summed E-state index contributed by atoms with van der Waals surface area (Å²) < 4.78 is 90.2. The van der Waals surface area contributed by atoms with E-state index < -0.39 is 32.1 Å². The Labute approximate surface area is 185 Å². The number of aromatic nitrogens is 2. The third kappa shape index (κ3) is 4.88. The van der Waals surface area contributed by atoms with Crippen molar-refractivity contribution in [2.45, 2.75) is 17.7 Å². The predicted molar refractivity (Wildman–Crippen MR) is 114 cm³/mol. The highest BCUT2D eigenvalue weighted by atomic mass is 35.5. The van der Waals surface area contributed by atoms with Crippen LogP contribution in [0.1, 0.15) is 12.5 Å². The lowest BCUT2D eigenvalue weighted by Crippen LogP contribution is -2.17. The number of hydrogen-bond acceptors (Lipinski definition) is 4. The number of nitrogens with one attached hydrogen (secondary N) is 1. The van der Waals surface area contributed by atoms with Gasteiger partial charge >= 0.3 is 0 Å². The molecule has 0 unspecified atom stereocenters. The monoisotopic (exact) mass is 497 g/mol. The van der Waals surface area contributed by atoms with E-state index in [0.29, 0.717) is 19.1 Å². The Balaban J connectivity index is 2.08. The van der Waals surface area contributed by atoms with Crippen molar-refractivity contribution < 1.29 is 29.1 Å². The summed E-state index contributed by atoms with van der Waals surface area (Å²) in [6.45, 7) is 0.702. The fourth-order valence-electron chi connectivity index (χ4n) is 2.84. The molecule has 0 saturated heterocycles. The molecule has 0 amide bonds. The van der Waals surface area contributed by atoms with Crippen molar-refractivity contribution in [3.63, 3.8) is 0 Å². The number of benzene rings is 2. The number of rotatable bonds is 7. The Morgan fingerprint density at radius 1 is 1.06 bits per heavy atom. The summed E-state index contributed by atoms with van der Waals surface area (Å²) in [6, 6.07) is 5.85. The first-order chi connectivity index (χ1) is 14.8. The van der Waals surface area contributed by atoms with Crippen molar-refractivity contribution >= 4 is 33.1 Å². The molecule has 0 saturated carbocycles. The lowest BCUT2D eigenvalue weighted by Gasteiger charge is -2.49. The van der Waals surface area contributed by atoms with Gasteiger partial charge in [0, 0.05) is 23.2 Å². The highest BCUT2D eigenvalue weighted by Gasteiger charge is 2.62. The van der Waals surface area contributed by atoms with Crippen LogP contribution < -0.4 is 10.1 Å². The van der Waals surface area contributed by atoms with E-state index in [4.69, 9.17) is 16.3 Å². The zero-order chi connectivity index (χ0) is 23.8. The van der Waals surface area contributed by atoms with Crippen molar-refractivity contribution in [2.75, 3.05) is 18.2 Å². The molecule has 2 aromatic carbocycles. The van der Waals surface area contributed by atoms with Crippen LogP contribution in [-0.2, 0) is 5.88 Å². The van der Waals surface area contributed by atoms with Crippen molar-refractivity contribution in [3.05, 3.63) is 59.8 Å². The van der Waals surface area contributed by atoms with E-state index in [1.165, 1.54) is 19.2 Å². The van der Waals surface area contributed by atoms with Crippen LogP contribution in [0, 0.1) is 11.6 Å². The minimum atomic E-state index is -8.52. The SMILES string of the molecule is CCS(F)(F)(F)(F)c1cc(CCl)cc(Nc2ncc(F)c(-c3ccc(F)cc3OC)n2)c1. The van der Waals surface area contributed by atoms with E-state index in [2.05, 4.69) is 15.3 Å². The quantitative estimate of drug-likeness (QED) is 0.268. The van der Waals surface area contributed by atoms with Crippen LogP contribution in [0.25, 0.3) is 11.3 Å². The van der Waals surface area contributed by atoms with Gasteiger partial charge in [-0.25, -0.2) is 18.7 Å². The normalized spacial score (nSPS) is 13.9. The molecule has 0 spiro atoms. The maximum absolute atomic E-state index is 14.4.